The minimum Gasteiger partial charge on any atom is -0.492 e. The van der Waals surface area contributed by atoms with Gasteiger partial charge in [-0.15, -0.1) is 0 Å². The van der Waals surface area contributed by atoms with E-state index in [1.807, 2.05) is 19.1 Å². The number of anilines is 1. The summed E-state index contributed by atoms with van der Waals surface area (Å²) in [6.45, 7) is 11.5. The van der Waals surface area contributed by atoms with Gasteiger partial charge in [0.15, 0.2) is 5.82 Å². The normalized spacial score (nSPS) is 15.9. The molecule has 1 fully saturated rings. The Balaban J connectivity index is 1.57. The molecule has 0 spiro atoms. The van der Waals surface area contributed by atoms with Crippen LogP contribution in [0.4, 0.5) is 5.69 Å². The van der Waals surface area contributed by atoms with Gasteiger partial charge in [-0.05, 0) is 19.1 Å². The second-order valence-corrected chi connectivity index (χ2v) is 6.37. The summed E-state index contributed by atoms with van der Waals surface area (Å²) in [5.74, 6) is 2.74. The van der Waals surface area contributed by atoms with Crippen LogP contribution in [0.15, 0.2) is 28.8 Å². The van der Waals surface area contributed by atoms with Crippen LogP contribution < -0.4 is 9.64 Å². The maximum atomic E-state index is 5.75. The largest absolute Gasteiger partial charge is 0.492 e. The molecule has 0 aliphatic carbocycles. The fourth-order valence-electron chi connectivity index (χ4n) is 2.91. The van der Waals surface area contributed by atoms with Gasteiger partial charge >= 0.3 is 0 Å². The van der Waals surface area contributed by atoms with Gasteiger partial charge < -0.3 is 14.2 Å². The van der Waals surface area contributed by atoms with Gasteiger partial charge in [0, 0.05) is 32.1 Å². The number of ether oxygens (including phenoxy) is 1. The topological polar surface area (TPSA) is 54.6 Å². The summed E-state index contributed by atoms with van der Waals surface area (Å²) >= 11 is 0. The highest BCUT2D eigenvalue weighted by atomic mass is 16.5. The molecule has 24 heavy (non-hydrogen) atoms. The molecular weight excluding hydrogens is 304 g/mol. The highest BCUT2D eigenvalue weighted by Gasteiger charge is 2.21. The number of hydrogen-bond donors (Lipinski definition) is 0. The average molecular weight is 330 g/mol. The number of aromatic nitrogens is 2. The Kier molecular flexibility index (Phi) is 5.35. The zero-order valence-electron chi connectivity index (χ0n) is 14.7. The lowest BCUT2D eigenvalue weighted by molar-refractivity contribution is 0.238. The van der Waals surface area contributed by atoms with Crippen LogP contribution in [-0.2, 0) is 6.54 Å². The summed E-state index contributed by atoms with van der Waals surface area (Å²) < 4.78 is 11.0. The Morgan fingerprint density at radius 2 is 1.92 bits per heavy atom. The lowest BCUT2D eigenvalue weighted by atomic mass is 10.2. The van der Waals surface area contributed by atoms with Crippen LogP contribution in [-0.4, -0.2) is 47.8 Å². The summed E-state index contributed by atoms with van der Waals surface area (Å²) in [6.07, 6.45) is 0. The molecule has 130 valence electrons. The van der Waals surface area contributed by atoms with Crippen molar-refractivity contribution >= 4 is 5.69 Å². The van der Waals surface area contributed by atoms with E-state index in [0.29, 0.717) is 12.5 Å². The SMILES string of the molecule is CCOc1ccccc1N1CCN(Cc2noc(C(C)C)n2)CC1. The van der Waals surface area contributed by atoms with E-state index in [2.05, 4.69) is 45.9 Å². The number of hydrogen-bond acceptors (Lipinski definition) is 6. The second kappa shape index (κ2) is 7.66. The molecule has 3 rings (SSSR count). The zero-order valence-corrected chi connectivity index (χ0v) is 14.7. The Labute approximate surface area is 143 Å². The number of para-hydroxylation sites is 2. The predicted molar refractivity (Wildman–Crippen MR) is 93.5 cm³/mol. The van der Waals surface area contributed by atoms with Crippen LogP contribution in [0.2, 0.25) is 0 Å². The van der Waals surface area contributed by atoms with Crippen LogP contribution in [0.1, 0.15) is 38.4 Å². The summed E-state index contributed by atoms with van der Waals surface area (Å²) in [5.41, 5.74) is 1.18. The van der Waals surface area contributed by atoms with Crippen LogP contribution in [0.25, 0.3) is 0 Å². The minimum absolute atomic E-state index is 0.276. The van der Waals surface area contributed by atoms with Crippen molar-refractivity contribution in [1.82, 2.24) is 15.0 Å². The second-order valence-electron chi connectivity index (χ2n) is 6.37. The quantitative estimate of drug-likeness (QED) is 0.812. The molecule has 0 bridgehead atoms. The molecule has 6 heteroatoms. The molecule has 0 unspecified atom stereocenters. The van der Waals surface area contributed by atoms with Crippen molar-refractivity contribution in [1.29, 1.82) is 0 Å². The molecule has 1 saturated heterocycles. The third-order valence-electron chi connectivity index (χ3n) is 4.22. The molecule has 1 aliphatic rings. The summed E-state index contributed by atoms with van der Waals surface area (Å²) in [7, 11) is 0. The van der Waals surface area contributed by atoms with Crippen molar-refractivity contribution in [3.63, 3.8) is 0 Å². The highest BCUT2D eigenvalue weighted by molar-refractivity contribution is 5.58. The Morgan fingerprint density at radius 1 is 1.17 bits per heavy atom. The zero-order chi connectivity index (χ0) is 16.9. The molecule has 0 amide bonds. The predicted octanol–water partition coefficient (Wildman–Crippen LogP) is 2.91. The first-order chi connectivity index (χ1) is 11.7. The van der Waals surface area contributed by atoms with Crippen molar-refractivity contribution in [2.75, 3.05) is 37.7 Å². The molecule has 1 aliphatic heterocycles. The number of piperazine rings is 1. The van der Waals surface area contributed by atoms with Gasteiger partial charge in [-0.3, -0.25) is 4.90 Å². The Hall–Kier alpha value is -2.08. The van der Waals surface area contributed by atoms with Crippen molar-refractivity contribution < 1.29 is 9.26 Å². The number of benzene rings is 1. The first-order valence-corrected chi connectivity index (χ1v) is 8.69. The summed E-state index contributed by atoms with van der Waals surface area (Å²) in [4.78, 5) is 9.22. The maximum absolute atomic E-state index is 5.75. The maximum Gasteiger partial charge on any atom is 0.229 e. The van der Waals surface area contributed by atoms with E-state index in [9.17, 15) is 0 Å². The van der Waals surface area contributed by atoms with E-state index in [4.69, 9.17) is 9.26 Å². The fourth-order valence-corrected chi connectivity index (χ4v) is 2.91. The molecular formula is C18H26N4O2. The molecule has 0 saturated carbocycles. The van der Waals surface area contributed by atoms with Crippen molar-refractivity contribution in [3.05, 3.63) is 36.0 Å². The van der Waals surface area contributed by atoms with E-state index >= 15 is 0 Å². The molecule has 2 aromatic rings. The lowest BCUT2D eigenvalue weighted by Gasteiger charge is -2.36. The summed E-state index contributed by atoms with van der Waals surface area (Å²) in [5, 5.41) is 4.09. The lowest BCUT2D eigenvalue weighted by Crippen LogP contribution is -2.46. The molecule has 0 radical (unpaired) electrons. The van der Waals surface area contributed by atoms with Gasteiger partial charge in [0.1, 0.15) is 5.75 Å². The van der Waals surface area contributed by atoms with Gasteiger partial charge in [-0.1, -0.05) is 31.1 Å². The molecule has 1 aromatic heterocycles. The van der Waals surface area contributed by atoms with E-state index in [-0.39, 0.29) is 5.92 Å². The van der Waals surface area contributed by atoms with Gasteiger partial charge in [-0.2, -0.15) is 4.98 Å². The van der Waals surface area contributed by atoms with Crippen LogP contribution in [0.5, 0.6) is 5.75 Å². The molecule has 6 nitrogen and oxygen atoms in total. The standard InChI is InChI=1S/C18H26N4O2/c1-4-23-16-8-6-5-7-15(16)22-11-9-21(10-12-22)13-17-19-18(14(2)3)24-20-17/h5-8,14H,4,9-13H2,1-3H3. The third-order valence-corrected chi connectivity index (χ3v) is 4.22. The molecule has 0 atom stereocenters. The average Bonchev–Trinajstić information content (AvgIpc) is 3.05. The third kappa shape index (κ3) is 3.87. The van der Waals surface area contributed by atoms with E-state index in [0.717, 1.165) is 44.3 Å². The smallest absolute Gasteiger partial charge is 0.229 e. The van der Waals surface area contributed by atoms with Crippen molar-refractivity contribution in [3.8, 4) is 5.75 Å². The monoisotopic (exact) mass is 330 g/mol. The first-order valence-electron chi connectivity index (χ1n) is 8.69. The van der Waals surface area contributed by atoms with E-state index in [1.165, 1.54) is 5.69 Å². The highest BCUT2D eigenvalue weighted by Crippen LogP contribution is 2.28. The van der Waals surface area contributed by atoms with Crippen LogP contribution in [0, 0.1) is 0 Å². The van der Waals surface area contributed by atoms with Crippen molar-refractivity contribution in [2.24, 2.45) is 0 Å². The van der Waals surface area contributed by atoms with Gasteiger partial charge in [0.25, 0.3) is 0 Å². The van der Waals surface area contributed by atoms with Crippen LogP contribution >= 0.6 is 0 Å². The minimum atomic E-state index is 0.276. The fraction of sp³-hybridized carbons (Fsp3) is 0.556. The first kappa shape index (κ1) is 16.8. The Bertz CT molecular complexity index is 648. The van der Waals surface area contributed by atoms with Crippen LogP contribution in [0.3, 0.4) is 0 Å². The van der Waals surface area contributed by atoms with Gasteiger partial charge in [-0.25, -0.2) is 0 Å². The molecule has 1 aromatic carbocycles. The number of nitrogens with zero attached hydrogens (tertiary/aromatic N) is 4. The Morgan fingerprint density at radius 3 is 2.58 bits per heavy atom. The molecule has 2 heterocycles. The van der Waals surface area contributed by atoms with Gasteiger partial charge in [0.2, 0.25) is 5.89 Å². The summed E-state index contributed by atoms with van der Waals surface area (Å²) in [6, 6.07) is 8.26. The van der Waals surface area contributed by atoms with E-state index < -0.39 is 0 Å². The molecule has 0 N–H and O–H groups in total. The number of rotatable bonds is 6. The van der Waals surface area contributed by atoms with Crippen molar-refractivity contribution in [2.45, 2.75) is 33.2 Å². The van der Waals surface area contributed by atoms with Gasteiger partial charge in [0.05, 0.1) is 18.8 Å². The van der Waals surface area contributed by atoms with E-state index in [1.54, 1.807) is 0 Å².